The highest BCUT2D eigenvalue weighted by Crippen LogP contribution is 2.30. The van der Waals surface area contributed by atoms with Crippen LogP contribution in [0.15, 0.2) is 35.7 Å². The Hall–Kier alpha value is -3.27. The average molecular weight is 417 g/mol. The average Bonchev–Trinajstić information content (AvgIpc) is 3.25. The Bertz CT molecular complexity index is 943. The maximum Gasteiger partial charge on any atom is 0.328 e. The van der Waals surface area contributed by atoms with E-state index in [-0.39, 0.29) is 11.6 Å². The van der Waals surface area contributed by atoms with E-state index in [9.17, 15) is 24.5 Å². The molecule has 152 valence electrons. The zero-order valence-electron chi connectivity index (χ0n) is 15.6. The minimum atomic E-state index is -0.909. The van der Waals surface area contributed by atoms with E-state index in [1.807, 2.05) is 0 Å². The number of nitrogens with zero attached hydrogens (tertiary/aromatic N) is 2. The van der Waals surface area contributed by atoms with Crippen LogP contribution in [0.4, 0.5) is 11.4 Å². The van der Waals surface area contributed by atoms with Gasteiger partial charge in [0.05, 0.1) is 9.80 Å². The summed E-state index contributed by atoms with van der Waals surface area (Å²) >= 11 is 1.25. The third-order valence-electron chi connectivity index (χ3n) is 4.48. The number of amides is 2. The molecule has 0 radical (unpaired) electrons. The van der Waals surface area contributed by atoms with Crippen molar-refractivity contribution < 1.29 is 24.0 Å². The van der Waals surface area contributed by atoms with E-state index in [0.717, 1.165) is 0 Å². The summed E-state index contributed by atoms with van der Waals surface area (Å²) in [7, 11) is 0. The summed E-state index contributed by atoms with van der Waals surface area (Å²) in [6, 6.07) is 6.80. The lowest BCUT2D eigenvalue weighted by Gasteiger charge is -2.29. The number of nitrogens with one attached hydrogen (secondary N) is 1. The molecule has 1 N–H and O–H groups in total. The number of fused-ring (bicyclic) bond motifs is 1. The lowest BCUT2D eigenvalue weighted by Crippen LogP contribution is -2.42. The highest BCUT2D eigenvalue weighted by Gasteiger charge is 2.26. The van der Waals surface area contributed by atoms with Crippen LogP contribution in [0.2, 0.25) is 0 Å². The molecule has 1 aromatic carbocycles. The van der Waals surface area contributed by atoms with Gasteiger partial charge in [-0.15, -0.1) is 11.3 Å². The standard InChI is InChI=1S/C19H19N3O6S/c1-12(20-18(24)16-5-3-9-29-16)19(25)28-11-17(23)21-8-2-4-13-10-14(22(26)27)6-7-15(13)21/h3,5-7,9-10,12H,2,4,8,11H2,1H3,(H,20,24). The zero-order valence-corrected chi connectivity index (χ0v) is 16.4. The summed E-state index contributed by atoms with van der Waals surface area (Å²) in [6.07, 6.45) is 1.29. The second kappa shape index (κ2) is 8.82. The summed E-state index contributed by atoms with van der Waals surface area (Å²) < 4.78 is 5.06. The molecule has 2 heterocycles. The number of hydrogen-bond donors (Lipinski definition) is 1. The molecular formula is C19H19N3O6S. The number of rotatable bonds is 6. The van der Waals surface area contributed by atoms with Gasteiger partial charge < -0.3 is 15.0 Å². The monoisotopic (exact) mass is 417 g/mol. The van der Waals surface area contributed by atoms with Crippen molar-refractivity contribution in [3.8, 4) is 0 Å². The molecule has 9 nitrogen and oxygen atoms in total. The van der Waals surface area contributed by atoms with Crippen LogP contribution in [-0.4, -0.2) is 41.9 Å². The Kier molecular flexibility index (Phi) is 6.23. The van der Waals surface area contributed by atoms with Crippen LogP contribution >= 0.6 is 11.3 Å². The molecule has 1 unspecified atom stereocenters. The topological polar surface area (TPSA) is 119 Å². The van der Waals surface area contributed by atoms with Gasteiger partial charge in [-0.1, -0.05) is 6.07 Å². The lowest BCUT2D eigenvalue weighted by molar-refractivity contribution is -0.384. The maximum atomic E-state index is 12.5. The predicted octanol–water partition coefficient (Wildman–Crippen LogP) is 2.30. The Morgan fingerprint density at radius 1 is 1.34 bits per heavy atom. The van der Waals surface area contributed by atoms with E-state index in [1.54, 1.807) is 17.5 Å². The maximum absolute atomic E-state index is 12.5. The lowest BCUT2D eigenvalue weighted by atomic mass is 10.0. The highest BCUT2D eigenvalue weighted by molar-refractivity contribution is 7.12. The molecule has 0 saturated heterocycles. The van der Waals surface area contributed by atoms with Crippen molar-refractivity contribution in [1.82, 2.24) is 5.32 Å². The number of esters is 1. The fourth-order valence-electron chi connectivity index (χ4n) is 3.03. The Morgan fingerprint density at radius 3 is 2.83 bits per heavy atom. The number of hydrogen-bond acceptors (Lipinski definition) is 7. The number of benzene rings is 1. The van der Waals surface area contributed by atoms with Gasteiger partial charge in [0.25, 0.3) is 17.5 Å². The van der Waals surface area contributed by atoms with E-state index in [1.165, 1.54) is 41.4 Å². The van der Waals surface area contributed by atoms with Crippen molar-refractivity contribution in [3.63, 3.8) is 0 Å². The third-order valence-corrected chi connectivity index (χ3v) is 5.35. The minimum Gasteiger partial charge on any atom is -0.454 e. The smallest absolute Gasteiger partial charge is 0.328 e. The number of carbonyl (C=O) groups excluding carboxylic acids is 3. The molecule has 1 aliphatic heterocycles. The van der Waals surface area contributed by atoms with Crippen LogP contribution in [0.5, 0.6) is 0 Å². The Labute approximate surface area is 170 Å². The summed E-state index contributed by atoms with van der Waals surface area (Å²) in [5, 5.41) is 15.2. The third kappa shape index (κ3) is 4.77. The van der Waals surface area contributed by atoms with Crippen LogP contribution in [-0.2, 0) is 20.7 Å². The van der Waals surface area contributed by atoms with Gasteiger partial charge >= 0.3 is 5.97 Å². The summed E-state index contributed by atoms with van der Waals surface area (Å²) in [5.74, 6) is -1.53. The van der Waals surface area contributed by atoms with Gasteiger partial charge in [-0.25, -0.2) is 4.79 Å². The Balaban J connectivity index is 1.57. The van der Waals surface area contributed by atoms with Crippen molar-refractivity contribution >= 4 is 40.5 Å². The Morgan fingerprint density at radius 2 is 2.14 bits per heavy atom. The number of anilines is 1. The first-order chi connectivity index (χ1) is 13.9. The SMILES string of the molecule is CC(NC(=O)c1cccs1)C(=O)OCC(=O)N1CCCc2cc([N+](=O)[O-])ccc21. The first kappa shape index (κ1) is 20.5. The molecular weight excluding hydrogens is 398 g/mol. The molecule has 1 atom stereocenters. The molecule has 0 fully saturated rings. The van der Waals surface area contributed by atoms with Gasteiger partial charge in [-0.3, -0.25) is 19.7 Å². The zero-order chi connectivity index (χ0) is 21.0. The molecule has 0 saturated carbocycles. The normalized spacial score (nSPS) is 13.9. The van der Waals surface area contributed by atoms with E-state index >= 15 is 0 Å². The highest BCUT2D eigenvalue weighted by atomic mass is 32.1. The van der Waals surface area contributed by atoms with Gasteiger partial charge in [0.1, 0.15) is 6.04 Å². The van der Waals surface area contributed by atoms with Crippen LogP contribution in [0.25, 0.3) is 0 Å². The summed E-state index contributed by atoms with van der Waals surface area (Å²) in [6.45, 7) is 1.44. The molecule has 2 amide bonds. The molecule has 1 aliphatic rings. The van der Waals surface area contributed by atoms with Gasteiger partial charge in [0.2, 0.25) is 0 Å². The number of non-ortho nitro benzene ring substituents is 1. The fraction of sp³-hybridized carbons (Fsp3) is 0.316. The van der Waals surface area contributed by atoms with Gasteiger partial charge in [-0.2, -0.15) is 0 Å². The minimum absolute atomic E-state index is 0.0280. The van der Waals surface area contributed by atoms with Crippen molar-refractivity contribution in [2.24, 2.45) is 0 Å². The fourth-order valence-corrected chi connectivity index (χ4v) is 3.65. The first-order valence-electron chi connectivity index (χ1n) is 8.95. The van der Waals surface area contributed by atoms with Crippen molar-refractivity contribution in [2.75, 3.05) is 18.1 Å². The summed E-state index contributed by atoms with van der Waals surface area (Å²) in [4.78, 5) is 49.0. The first-order valence-corrected chi connectivity index (χ1v) is 9.83. The van der Waals surface area contributed by atoms with E-state index in [4.69, 9.17) is 4.74 Å². The predicted molar refractivity (Wildman–Crippen MR) is 106 cm³/mol. The van der Waals surface area contributed by atoms with Crippen LogP contribution in [0, 0.1) is 10.1 Å². The second-order valence-corrected chi connectivity index (χ2v) is 7.45. The number of thiophene rings is 1. The molecule has 2 aromatic rings. The number of nitro benzene ring substituents is 1. The summed E-state index contributed by atoms with van der Waals surface area (Å²) in [5.41, 5.74) is 1.27. The quantitative estimate of drug-likeness (QED) is 0.438. The van der Waals surface area contributed by atoms with E-state index in [2.05, 4.69) is 5.32 Å². The molecule has 10 heteroatoms. The van der Waals surface area contributed by atoms with E-state index < -0.39 is 29.4 Å². The molecule has 0 spiro atoms. The molecule has 3 rings (SSSR count). The second-order valence-electron chi connectivity index (χ2n) is 6.50. The van der Waals surface area contributed by atoms with Gasteiger partial charge in [0.15, 0.2) is 6.61 Å². The van der Waals surface area contributed by atoms with Gasteiger partial charge in [0, 0.05) is 24.4 Å². The molecule has 29 heavy (non-hydrogen) atoms. The van der Waals surface area contributed by atoms with Crippen molar-refractivity contribution in [1.29, 1.82) is 0 Å². The number of carbonyl (C=O) groups is 3. The van der Waals surface area contributed by atoms with Crippen LogP contribution < -0.4 is 10.2 Å². The van der Waals surface area contributed by atoms with E-state index in [0.29, 0.717) is 35.5 Å². The largest absolute Gasteiger partial charge is 0.454 e. The van der Waals surface area contributed by atoms with Crippen LogP contribution in [0.1, 0.15) is 28.6 Å². The molecule has 0 bridgehead atoms. The van der Waals surface area contributed by atoms with Crippen molar-refractivity contribution in [3.05, 3.63) is 56.3 Å². The molecule has 1 aromatic heterocycles. The molecule has 0 aliphatic carbocycles. The number of nitro groups is 1. The van der Waals surface area contributed by atoms with Crippen molar-refractivity contribution in [2.45, 2.75) is 25.8 Å². The van der Waals surface area contributed by atoms with Crippen LogP contribution in [0.3, 0.4) is 0 Å². The number of aryl methyl sites for hydroxylation is 1. The number of ether oxygens (including phenoxy) is 1. The van der Waals surface area contributed by atoms with Gasteiger partial charge in [-0.05, 0) is 42.8 Å².